The van der Waals surface area contributed by atoms with Crippen LogP contribution in [0.4, 0.5) is 67.2 Å². The Hall–Kier alpha value is -7.58. The first-order chi connectivity index (χ1) is 27.2. The van der Waals surface area contributed by atoms with Crippen LogP contribution in [0.1, 0.15) is 22.3 Å². The van der Waals surface area contributed by atoms with E-state index in [1.165, 1.54) is 12.1 Å². The van der Waals surface area contributed by atoms with Crippen molar-refractivity contribution in [1.29, 1.82) is 21.0 Å². The lowest BCUT2D eigenvalue weighted by molar-refractivity contribution is -0.274. The van der Waals surface area contributed by atoms with Crippen molar-refractivity contribution in [3.05, 3.63) is 140 Å². The summed E-state index contributed by atoms with van der Waals surface area (Å²) in [6.07, 6.45) is -10.5. The molecule has 0 bridgehead atoms. The van der Waals surface area contributed by atoms with Gasteiger partial charge in [-0.05, 0) is 58.7 Å². The van der Waals surface area contributed by atoms with Crippen molar-refractivity contribution in [1.82, 2.24) is 0 Å². The van der Waals surface area contributed by atoms with Crippen LogP contribution in [-0.2, 0) is 0 Å². The van der Waals surface area contributed by atoms with Crippen molar-refractivity contribution >= 4 is 16.8 Å². The van der Waals surface area contributed by atoms with E-state index in [4.69, 9.17) is 10.5 Å². The minimum Gasteiger partial charge on any atom is -0.406 e. The summed E-state index contributed by atoms with van der Waals surface area (Å²) in [6.45, 7) is 0. The quantitative estimate of drug-likeness (QED) is 0.104. The van der Waals surface area contributed by atoms with E-state index >= 15 is 17.6 Å². The van der Waals surface area contributed by atoms with Crippen molar-refractivity contribution in [3.8, 4) is 52.3 Å². The molecule has 0 heterocycles. The summed E-state index contributed by atoms with van der Waals surface area (Å²) < 4.78 is 206. The summed E-state index contributed by atoms with van der Waals surface area (Å²) in [6, 6.07) is 11.7. The summed E-state index contributed by atoms with van der Waals surface area (Å²) >= 11 is 0. The highest BCUT2D eigenvalue weighted by Gasteiger charge is 2.33. The number of ether oxygens (including phenoxy) is 1. The molecule has 0 saturated carbocycles. The highest BCUT2D eigenvalue weighted by Crippen LogP contribution is 2.34. The molecule has 0 amide bonds. The molecule has 292 valence electrons. The summed E-state index contributed by atoms with van der Waals surface area (Å²) in [5.74, 6) is -19.8. The van der Waals surface area contributed by atoms with Crippen molar-refractivity contribution in [2.75, 3.05) is 5.32 Å². The molecule has 0 unspecified atom stereocenters. The monoisotopic (exact) mass is 819 g/mol. The van der Waals surface area contributed by atoms with Crippen LogP contribution in [0.2, 0.25) is 0 Å². The predicted molar refractivity (Wildman–Crippen MR) is 171 cm³/mol. The highest BCUT2D eigenvalue weighted by molar-refractivity contribution is 5.88. The molecule has 6 nitrogen and oxygen atoms in total. The minimum absolute atomic E-state index is 0.538. The van der Waals surface area contributed by atoms with E-state index in [0.717, 1.165) is 47.8 Å². The Morgan fingerprint density at radius 2 is 0.914 bits per heavy atom. The normalized spacial score (nSPS) is 12.4. The fourth-order valence-corrected chi connectivity index (χ4v) is 5.68. The van der Waals surface area contributed by atoms with Gasteiger partial charge in [0.1, 0.15) is 41.2 Å². The molecule has 0 aliphatic rings. The Balaban J connectivity index is 2.16. The molecule has 0 atom stereocenters. The molecule has 0 fully saturated rings. The van der Waals surface area contributed by atoms with Gasteiger partial charge in [-0.3, -0.25) is 5.32 Å². The van der Waals surface area contributed by atoms with Gasteiger partial charge in [0, 0.05) is 16.1 Å². The molecule has 0 saturated heterocycles. The Morgan fingerprint density at radius 1 is 0.517 bits per heavy atom. The molecule has 0 aromatic heterocycles. The third kappa shape index (κ3) is 7.76. The summed E-state index contributed by atoms with van der Waals surface area (Å²) in [5.41, 5.74) is -13.7. The molecule has 0 spiro atoms. The second-order valence-electron chi connectivity index (χ2n) is 11.4. The van der Waals surface area contributed by atoms with Gasteiger partial charge in [0.2, 0.25) is 0 Å². The van der Waals surface area contributed by atoms with Gasteiger partial charge in [-0.2, -0.15) is 34.2 Å². The molecular weight excluding hydrogens is 808 g/mol. The van der Waals surface area contributed by atoms with E-state index in [1.54, 1.807) is 0 Å². The number of hydrogen-bond acceptors (Lipinski definition) is 6. The number of hydrogen-bond donors (Lipinski definition) is 1. The van der Waals surface area contributed by atoms with Crippen LogP contribution < -0.4 is 20.5 Å². The zero-order valence-electron chi connectivity index (χ0n) is 27.8. The molecule has 20 heteroatoms. The molecule has 0 aliphatic heterocycles. The Labute approximate surface area is 314 Å². The van der Waals surface area contributed by atoms with E-state index in [-0.39, 0.29) is 0 Å². The van der Waals surface area contributed by atoms with Crippen LogP contribution in [-0.4, -0.2) is 12.7 Å². The average molecular weight is 820 g/mol. The highest BCUT2D eigenvalue weighted by atomic mass is 19.4. The van der Waals surface area contributed by atoms with Gasteiger partial charge < -0.3 is 4.74 Å². The number of nitrogens with one attached hydrogen (secondary N) is 1. The van der Waals surface area contributed by atoms with E-state index in [9.17, 15) is 54.4 Å². The van der Waals surface area contributed by atoms with Gasteiger partial charge in [-0.1, -0.05) is 24.3 Å². The molecule has 0 aliphatic carbocycles. The Bertz CT molecular complexity index is 2610. The van der Waals surface area contributed by atoms with Crippen LogP contribution in [0.5, 0.6) is 5.75 Å². The standard InChI is InChI=1S/C38H11F14N5O/c39-29-25(13-55)30(40)34(44)27(33(29)43)23(11-53)21-10-20(16-4-2-6-18(8-16)58-38(50,51)52)22(9-19(21)15-3-1-5-17(7-15)57-37(47,48)49)24(12-54)28-35(45)31(41)26(14-56)32(42)36(28)46/h1-10,57H/b23-21+,24-22+. The van der Waals surface area contributed by atoms with Gasteiger partial charge in [0.25, 0.3) is 0 Å². The Kier molecular flexibility index (Phi) is 11.1. The number of rotatable bonds is 6. The van der Waals surface area contributed by atoms with Crippen molar-refractivity contribution in [2.45, 2.75) is 12.7 Å². The average Bonchev–Trinajstić information content (AvgIpc) is 3.15. The largest absolute Gasteiger partial charge is 0.573 e. The molecule has 1 N–H and O–H groups in total. The number of halogens is 14. The van der Waals surface area contributed by atoms with Gasteiger partial charge in [0.15, 0.2) is 46.5 Å². The van der Waals surface area contributed by atoms with Crippen molar-refractivity contribution in [3.63, 3.8) is 0 Å². The zero-order chi connectivity index (χ0) is 43.0. The van der Waals surface area contributed by atoms with Crippen LogP contribution in [0.25, 0.3) is 33.4 Å². The first-order valence-corrected chi connectivity index (χ1v) is 15.2. The van der Waals surface area contributed by atoms with Gasteiger partial charge in [-0.15, -0.1) is 13.2 Å². The SMILES string of the molecule is N#C/C(c1c(F)c(F)c(C#N)c(F)c1F)=c1/cc(-c2cccc(OC(F)(F)F)c2)/c(=C(\C#N)c2c(F)c(F)c(C#N)c(F)c2F)cc1-c1cccc(NC(F)(F)F)c1. The first kappa shape index (κ1) is 41.6. The lowest BCUT2D eigenvalue weighted by Gasteiger charge is -2.16. The van der Waals surface area contributed by atoms with Crippen LogP contribution >= 0.6 is 0 Å². The van der Waals surface area contributed by atoms with Crippen LogP contribution in [0, 0.1) is 91.9 Å². The summed E-state index contributed by atoms with van der Waals surface area (Å²) in [4.78, 5) is 0. The molecule has 5 aromatic rings. The minimum atomic E-state index is -5.37. The molecule has 5 rings (SSSR count). The molecular formula is C38H11F14N5O. The van der Waals surface area contributed by atoms with Crippen LogP contribution in [0.15, 0.2) is 60.7 Å². The lowest BCUT2D eigenvalue weighted by Crippen LogP contribution is -2.23. The van der Waals surface area contributed by atoms with Crippen LogP contribution in [0.3, 0.4) is 0 Å². The predicted octanol–water partition coefficient (Wildman–Crippen LogP) is 9.15. The van der Waals surface area contributed by atoms with E-state index in [0.29, 0.717) is 30.3 Å². The van der Waals surface area contributed by atoms with Crippen molar-refractivity contribution < 1.29 is 66.2 Å². The smallest absolute Gasteiger partial charge is 0.406 e. The second kappa shape index (κ2) is 15.5. The fraction of sp³-hybridized carbons (Fsp3) is 0.0526. The molecule has 0 radical (unpaired) electrons. The maximum atomic E-state index is 15.6. The van der Waals surface area contributed by atoms with E-state index in [2.05, 4.69) is 4.74 Å². The topological polar surface area (TPSA) is 116 Å². The third-order valence-electron chi connectivity index (χ3n) is 8.01. The number of nitrogens with zero attached hydrogens (tertiary/aromatic N) is 4. The zero-order valence-corrected chi connectivity index (χ0v) is 27.8. The van der Waals surface area contributed by atoms with Gasteiger partial charge in [0.05, 0.1) is 22.3 Å². The maximum absolute atomic E-state index is 15.6. The summed E-state index contributed by atoms with van der Waals surface area (Å²) in [7, 11) is 0. The first-order valence-electron chi connectivity index (χ1n) is 15.2. The maximum Gasteiger partial charge on any atom is 0.573 e. The lowest BCUT2D eigenvalue weighted by atomic mass is 9.88. The molecule has 58 heavy (non-hydrogen) atoms. The fourth-order valence-electron chi connectivity index (χ4n) is 5.68. The van der Waals surface area contributed by atoms with Crippen molar-refractivity contribution in [2.24, 2.45) is 0 Å². The Morgan fingerprint density at radius 3 is 1.28 bits per heavy atom. The number of benzene rings is 5. The van der Waals surface area contributed by atoms with Gasteiger partial charge >= 0.3 is 12.7 Å². The van der Waals surface area contributed by atoms with E-state index in [1.807, 2.05) is 0 Å². The second-order valence-corrected chi connectivity index (χ2v) is 11.4. The molecule has 5 aromatic carbocycles. The number of nitriles is 4. The summed E-state index contributed by atoms with van der Waals surface area (Å²) in [5, 5.41) is 37.9. The number of anilines is 1. The van der Waals surface area contributed by atoms with E-state index < -0.39 is 137 Å². The third-order valence-corrected chi connectivity index (χ3v) is 8.01. The van der Waals surface area contributed by atoms with Gasteiger partial charge in [-0.25, -0.2) is 35.1 Å². The number of alkyl halides is 6.